The molecule has 2 aromatic carbocycles. The van der Waals surface area contributed by atoms with E-state index >= 15 is 0 Å². The number of guanidine groups is 1. The molecule has 0 saturated carbocycles. The van der Waals surface area contributed by atoms with Crippen molar-refractivity contribution in [1.29, 1.82) is 0 Å². The van der Waals surface area contributed by atoms with E-state index in [1.807, 2.05) is 30.3 Å². The standard InChI is InChI=1S/C18H16N4O2/c1-24-15-9-5-8-12-13(17(23)22-18(19)20)10-14(21-16(12)15)11-6-3-2-4-7-11/h2-10H,1H3,(H4,19,20,22,23). The van der Waals surface area contributed by atoms with E-state index in [0.717, 1.165) is 5.56 Å². The van der Waals surface area contributed by atoms with Crippen molar-refractivity contribution in [1.82, 2.24) is 4.98 Å². The van der Waals surface area contributed by atoms with Crippen LogP contribution in [-0.4, -0.2) is 24.0 Å². The normalized spacial score (nSPS) is 10.4. The Morgan fingerprint density at radius 3 is 2.50 bits per heavy atom. The smallest absolute Gasteiger partial charge is 0.280 e. The summed E-state index contributed by atoms with van der Waals surface area (Å²) in [6.07, 6.45) is 0. The number of benzene rings is 2. The fraction of sp³-hybridized carbons (Fsp3) is 0.0556. The maximum atomic E-state index is 12.4. The van der Waals surface area contributed by atoms with Crippen LogP contribution in [0.2, 0.25) is 0 Å². The molecule has 0 fully saturated rings. The number of pyridine rings is 1. The molecule has 1 amide bonds. The van der Waals surface area contributed by atoms with Gasteiger partial charge in [-0.3, -0.25) is 4.79 Å². The van der Waals surface area contributed by atoms with Crippen LogP contribution < -0.4 is 16.2 Å². The Morgan fingerprint density at radius 2 is 1.83 bits per heavy atom. The van der Waals surface area contributed by atoms with E-state index in [0.29, 0.717) is 27.9 Å². The summed E-state index contributed by atoms with van der Waals surface area (Å²) < 4.78 is 5.38. The second-order valence-corrected chi connectivity index (χ2v) is 5.12. The van der Waals surface area contributed by atoms with Crippen LogP contribution in [0, 0.1) is 0 Å². The molecule has 0 saturated heterocycles. The van der Waals surface area contributed by atoms with Crippen molar-refractivity contribution in [3.05, 3.63) is 60.2 Å². The first-order chi connectivity index (χ1) is 11.6. The number of hydrogen-bond acceptors (Lipinski definition) is 3. The number of hydrogen-bond donors (Lipinski definition) is 2. The fourth-order valence-corrected chi connectivity index (χ4v) is 2.50. The Morgan fingerprint density at radius 1 is 1.08 bits per heavy atom. The lowest BCUT2D eigenvalue weighted by Gasteiger charge is -2.10. The zero-order valence-corrected chi connectivity index (χ0v) is 13.1. The highest BCUT2D eigenvalue weighted by Gasteiger charge is 2.16. The lowest BCUT2D eigenvalue weighted by atomic mass is 10.0. The lowest BCUT2D eigenvalue weighted by Crippen LogP contribution is -2.24. The Balaban J connectivity index is 2.32. The quantitative estimate of drug-likeness (QED) is 0.569. The molecule has 0 bridgehead atoms. The Labute approximate surface area is 138 Å². The maximum Gasteiger partial charge on any atom is 0.280 e. The number of methoxy groups -OCH3 is 1. The molecule has 120 valence electrons. The van der Waals surface area contributed by atoms with Crippen LogP contribution in [0.4, 0.5) is 0 Å². The summed E-state index contributed by atoms with van der Waals surface area (Å²) in [5, 5.41) is 0.629. The molecule has 3 rings (SSSR count). The van der Waals surface area contributed by atoms with Crippen molar-refractivity contribution in [3.63, 3.8) is 0 Å². The number of carbonyl (C=O) groups excluding carboxylic acids is 1. The second kappa shape index (κ2) is 6.37. The number of aliphatic imine (C=N–C) groups is 1. The molecular weight excluding hydrogens is 304 g/mol. The highest BCUT2D eigenvalue weighted by atomic mass is 16.5. The van der Waals surface area contributed by atoms with E-state index in [1.165, 1.54) is 0 Å². The van der Waals surface area contributed by atoms with Gasteiger partial charge in [-0.05, 0) is 12.1 Å². The fourth-order valence-electron chi connectivity index (χ4n) is 2.50. The van der Waals surface area contributed by atoms with Crippen molar-refractivity contribution in [2.75, 3.05) is 7.11 Å². The van der Waals surface area contributed by atoms with E-state index in [4.69, 9.17) is 16.2 Å². The molecule has 0 spiro atoms. The molecule has 3 aromatic rings. The van der Waals surface area contributed by atoms with Crippen LogP contribution in [0.1, 0.15) is 10.4 Å². The van der Waals surface area contributed by atoms with Gasteiger partial charge < -0.3 is 16.2 Å². The summed E-state index contributed by atoms with van der Waals surface area (Å²) >= 11 is 0. The van der Waals surface area contributed by atoms with Crippen molar-refractivity contribution < 1.29 is 9.53 Å². The Hall–Kier alpha value is -3.41. The van der Waals surface area contributed by atoms with Gasteiger partial charge in [0.15, 0.2) is 5.96 Å². The van der Waals surface area contributed by atoms with Gasteiger partial charge in [0.2, 0.25) is 0 Å². The highest BCUT2D eigenvalue weighted by Crippen LogP contribution is 2.30. The monoisotopic (exact) mass is 320 g/mol. The molecule has 4 N–H and O–H groups in total. The third kappa shape index (κ3) is 2.89. The maximum absolute atomic E-state index is 12.4. The van der Waals surface area contributed by atoms with Crippen LogP contribution in [0.25, 0.3) is 22.2 Å². The van der Waals surface area contributed by atoms with Gasteiger partial charge in [0.05, 0.1) is 18.4 Å². The third-order valence-corrected chi connectivity index (χ3v) is 3.55. The molecule has 1 heterocycles. The molecule has 24 heavy (non-hydrogen) atoms. The molecule has 6 nitrogen and oxygen atoms in total. The predicted molar refractivity (Wildman–Crippen MR) is 93.9 cm³/mol. The Kier molecular flexibility index (Phi) is 4.11. The Bertz CT molecular complexity index is 932. The minimum absolute atomic E-state index is 0.283. The first kappa shape index (κ1) is 15.5. The average Bonchev–Trinajstić information content (AvgIpc) is 2.60. The van der Waals surface area contributed by atoms with Crippen molar-refractivity contribution in [3.8, 4) is 17.0 Å². The number of nitrogens with two attached hydrogens (primary N) is 2. The molecule has 6 heteroatoms. The summed E-state index contributed by atoms with van der Waals surface area (Å²) in [6, 6.07) is 16.6. The number of para-hydroxylation sites is 1. The van der Waals surface area contributed by atoms with E-state index < -0.39 is 5.91 Å². The summed E-state index contributed by atoms with van der Waals surface area (Å²) in [5.74, 6) is -0.231. The van der Waals surface area contributed by atoms with Gasteiger partial charge in [-0.1, -0.05) is 42.5 Å². The summed E-state index contributed by atoms with van der Waals surface area (Å²) in [4.78, 5) is 20.7. The largest absolute Gasteiger partial charge is 0.494 e. The number of fused-ring (bicyclic) bond motifs is 1. The average molecular weight is 320 g/mol. The topological polar surface area (TPSA) is 104 Å². The van der Waals surface area contributed by atoms with Gasteiger partial charge in [0.1, 0.15) is 11.3 Å². The van der Waals surface area contributed by atoms with E-state index in [-0.39, 0.29) is 5.96 Å². The van der Waals surface area contributed by atoms with Crippen LogP contribution in [-0.2, 0) is 0 Å². The zero-order valence-electron chi connectivity index (χ0n) is 13.1. The molecule has 0 atom stereocenters. The van der Waals surface area contributed by atoms with Crippen LogP contribution in [0.15, 0.2) is 59.6 Å². The first-order valence-electron chi connectivity index (χ1n) is 7.27. The second-order valence-electron chi connectivity index (χ2n) is 5.12. The van der Waals surface area contributed by atoms with Crippen molar-refractivity contribution in [2.24, 2.45) is 16.5 Å². The zero-order chi connectivity index (χ0) is 17.1. The van der Waals surface area contributed by atoms with Gasteiger partial charge in [0, 0.05) is 10.9 Å². The van der Waals surface area contributed by atoms with Crippen LogP contribution >= 0.6 is 0 Å². The first-order valence-corrected chi connectivity index (χ1v) is 7.27. The molecular formula is C18H16N4O2. The number of rotatable bonds is 3. The van der Waals surface area contributed by atoms with Crippen LogP contribution in [0.3, 0.4) is 0 Å². The number of aromatic nitrogens is 1. The van der Waals surface area contributed by atoms with Gasteiger partial charge in [-0.2, -0.15) is 4.99 Å². The lowest BCUT2D eigenvalue weighted by molar-refractivity contribution is 0.100. The molecule has 0 radical (unpaired) electrons. The molecule has 0 unspecified atom stereocenters. The number of amides is 1. The molecule has 0 aliphatic rings. The van der Waals surface area contributed by atoms with E-state index in [9.17, 15) is 4.79 Å². The van der Waals surface area contributed by atoms with Gasteiger partial charge in [-0.25, -0.2) is 4.98 Å². The highest BCUT2D eigenvalue weighted by molar-refractivity contribution is 6.11. The predicted octanol–water partition coefficient (Wildman–Crippen LogP) is 2.32. The minimum atomic E-state index is -0.521. The molecule has 0 aliphatic heterocycles. The summed E-state index contributed by atoms with van der Waals surface area (Å²) in [6.45, 7) is 0. The van der Waals surface area contributed by atoms with Crippen LogP contribution in [0.5, 0.6) is 5.75 Å². The number of nitrogens with zero attached hydrogens (tertiary/aromatic N) is 2. The summed E-state index contributed by atoms with van der Waals surface area (Å²) in [7, 11) is 1.56. The number of ether oxygens (including phenoxy) is 1. The molecule has 1 aromatic heterocycles. The third-order valence-electron chi connectivity index (χ3n) is 3.55. The minimum Gasteiger partial charge on any atom is -0.494 e. The van der Waals surface area contributed by atoms with Crippen molar-refractivity contribution >= 4 is 22.8 Å². The van der Waals surface area contributed by atoms with E-state index in [1.54, 1.807) is 31.4 Å². The van der Waals surface area contributed by atoms with Crippen molar-refractivity contribution in [2.45, 2.75) is 0 Å². The van der Waals surface area contributed by atoms with Gasteiger partial charge in [-0.15, -0.1) is 0 Å². The van der Waals surface area contributed by atoms with Gasteiger partial charge >= 0.3 is 0 Å². The number of carbonyl (C=O) groups is 1. The molecule has 0 aliphatic carbocycles. The SMILES string of the molecule is COc1cccc2c(C(=O)N=C(N)N)cc(-c3ccccc3)nc12. The van der Waals surface area contributed by atoms with E-state index in [2.05, 4.69) is 9.98 Å². The summed E-state index contributed by atoms with van der Waals surface area (Å²) in [5.41, 5.74) is 13.2. The van der Waals surface area contributed by atoms with Gasteiger partial charge in [0.25, 0.3) is 5.91 Å².